The summed E-state index contributed by atoms with van der Waals surface area (Å²) in [4.78, 5) is 19.5. The van der Waals surface area contributed by atoms with E-state index in [1.165, 1.54) is 0 Å². The predicted octanol–water partition coefficient (Wildman–Crippen LogP) is 8.22. The van der Waals surface area contributed by atoms with E-state index in [0.717, 1.165) is 44.0 Å². The topological polar surface area (TPSA) is 81.9 Å². The smallest absolute Gasteiger partial charge is 0.264 e. The SMILES string of the molecule is N#CC1=Cc2nc3c4ccc(-c5ccccc5)c5c(C#N)ccc(c(=O)n3c2C=C(c2ccccc2)C1c1ccccc1)c54. The Bertz CT molecular complexity index is 2460. The molecule has 7 aromatic rings. The molecule has 0 amide bonds. The van der Waals surface area contributed by atoms with Gasteiger partial charge in [-0.3, -0.25) is 9.20 Å². The number of imidazole rings is 1. The van der Waals surface area contributed by atoms with Gasteiger partial charge in [0.15, 0.2) is 0 Å². The van der Waals surface area contributed by atoms with Crippen molar-refractivity contribution in [3.05, 3.63) is 159 Å². The first-order valence-electron chi connectivity index (χ1n) is 14.3. The molecular weight excluding hydrogens is 540 g/mol. The lowest BCUT2D eigenvalue weighted by atomic mass is 9.82. The van der Waals surface area contributed by atoms with Gasteiger partial charge in [-0.2, -0.15) is 10.5 Å². The maximum Gasteiger partial charge on any atom is 0.264 e. The predicted molar refractivity (Wildman–Crippen MR) is 175 cm³/mol. The van der Waals surface area contributed by atoms with Crippen LogP contribution in [0, 0.1) is 22.7 Å². The van der Waals surface area contributed by atoms with Gasteiger partial charge in [0, 0.05) is 33.0 Å². The molecule has 1 aliphatic rings. The minimum atomic E-state index is -0.338. The average molecular weight is 563 g/mol. The summed E-state index contributed by atoms with van der Waals surface area (Å²) in [6.45, 7) is 0. The molecule has 2 aromatic heterocycles. The van der Waals surface area contributed by atoms with Crippen molar-refractivity contribution in [3.8, 4) is 23.3 Å². The number of benzene rings is 5. The number of nitriles is 2. The first-order valence-corrected chi connectivity index (χ1v) is 14.3. The first-order chi connectivity index (χ1) is 21.7. The molecule has 204 valence electrons. The Balaban J connectivity index is 1.50. The van der Waals surface area contributed by atoms with Crippen molar-refractivity contribution >= 4 is 44.9 Å². The van der Waals surface area contributed by atoms with Gasteiger partial charge in [0.25, 0.3) is 5.56 Å². The highest BCUT2D eigenvalue weighted by Crippen LogP contribution is 2.43. The lowest BCUT2D eigenvalue weighted by Gasteiger charge is -2.20. The Morgan fingerprint density at radius 1 is 0.659 bits per heavy atom. The van der Waals surface area contributed by atoms with Crippen molar-refractivity contribution in [1.82, 2.24) is 9.38 Å². The molecule has 0 radical (unpaired) electrons. The van der Waals surface area contributed by atoms with E-state index in [1.54, 1.807) is 16.5 Å². The van der Waals surface area contributed by atoms with E-state index in [0.29, 0.717) is 33.6 Å². The first kappa shape index (κ1) is 25.4. The molecule has 0 fully saturated rings. The standard InChI is InChI=1S/C39H22N4O/c40-22-27-16-17-31-37-30(19-18-29(36(27)37)24-10-4-1-5-11-24)38-42-33-20-28(23-41)35(26-14-8-3-9-15-26)32(25-12-6-2-7-13-25)21-34(33)43(38)39(31)44/h1-21,35H. The third kappa shape index (κ3) is 3.71. The van der Waals surface area contributed by atoms with Crippen molar-refractivity contribution in [2.45, 2.75) is 5.92 Å². The highest BCUT2D eigenvalue weighted by molar-refractivity contribution is 6.20. The van der Waals surface area contributed by atoms with Crippen molar-refractivity contribution in [2.24, 2.45) is 0 Å². The van der Waals surface area contributed by atoms with Gasteiger partial charge in [0.1, 0.15) is 5.65 Å². The van der Waals surface area contributed by atoms with Gasteiger partial charge in [0.2, 0.25) is 0 Å². The van der Waals surface area contributed by atoms with E-state index in [1.807, 2.05) is 115 Å². The molecule has 8 rings (SSSR count). The lowest BCUT2D eigenvalue weighted by Crippen LogP contribution is -2.15. The summed E-state index contributed by atoms with van der Waals surface area (Å²) in [6, 6.07) is 42.1. The maximum absolute atomic E-state index is 14.5. The second-order valence-corrected chi connectivity index (χ2v) is 10.9. The van der Waals surface area contributed by atoms with E-state index < -0.39 is 0 Å². The molecule has 0 N–H and O–H groups in total. The molecule has 1 unspecified atom stereocenters. The second kappa shape index (κ2) is 9.91. The second-order valence-electron chi connectivity index (χ2n) is 10.9. The summed E-state index contributed by atoms with van der Waals surface area (Å²) in [5.74, 6) is -0.338. The van der Waals surface area contributed by atoms with Crippen LogP contribution in [-0.4, -0.2) is 9.38 Å². The zero-order chi connectivity index (χ0) is 29.8. The number of nitrogens with zero attached hydrogens (tertiary/aromatic N) is 4. The molecule has 0 saturated heterocycles. The fraction of sp³-hybridized carbons (Fsp3) is 0.0256. The molecule has 0 saturated carbocycles. The third-order valence-corrected chi connectivity index (χ3v) is 8.56. The van der Waals surface area contributed by atoms with Crippen LogP contribution in [0.5, 0.6) is 0 Å². The van der Waals surface area contributed by atoms with E-state index in [-0.39, 0.29) is 11.5 Å². The fourth-order valence-corrected chi connectivity index (χ4v) is 6.62. The Hall–Kier alpha value is -6.30. The van der Waals surface area contributed by atoms with Crippen molar-refractivity contribution in [3.63, 3.8) is 0 Å². The summed E-state index contributed by atoms with van der Waals surface area (Å²) >= 11 is 0. The zero-order valence-electron chi connectivity index (χ0n) is 23.4. The summed E-state index contributed by atoms with van der Waals surface area (Å²) in [6.07, 6.45) is 3.83. The highest BCUT2D eigenvalue weighted by Gasteiger charge is 2.29. The molecular formula is C39H22N4O. The average Bonchev–Trinajstić information content (AvgIpc) is 3.36. The van der Waals surface area contributed by atoms with Gasteiger partial charge in [0.05, 0.1) is 29.1 Å². The van der Waals surface area contributed by atoms with Crippen molar-refractivity contribution < 1.29 is 0 Å². The van der Waals surface area contributed by atoms with Gasteiger partial charge in [-0.05, 0) is 58.2 Å². The van der Waals surface area contributed by atoms with Crippen molar-refractivity contribution in [2.75, 3.05) is 0 Å². The quantitative estimate of drug-likeness (QED) is 0.217. The van der Waals surface area contributed by atoms with Gasteiger partial charge in [-0.25, -0.2) is 4.98 Å². The van der Waals surface area contributed by atoms with Crippen LogP contribution >= 0.6 is 0 Å². The van der Waals surface area contributed by atoms with Crippen LogP contribution in [0.2, 0.25) is 0 Å². The largest absolute Gasteiger partial charge is 0.268 e. The minimum Gasteiger partial charge on any atom is -0.268 e. The van der Waals surface area contributed by atoms with Gasteiger partial charge in [-0.15, -0.1) is 0 Å². The van der Waals surface area contributed by atoms with Crippen LogP contribution in [0.4, 0.5) is 0 Å². The number of allylic oxidation sites excluding steroid dienone is 2. The maximum atomic E-state index is 14.5. The normalized spacial score (nSPS) is 14.5. The van der Waals surface area contributed by atoms with Gasteiger partial charge in [-0.1, -0.05) is 97.1 Å². The molecule has 5 heteroatoms. The molecule has 0 aliphatic heterocycles. The fourth-order valence-electron chi connectivity index (χ4n) is 6.62. The Morgan fingerprint density at radius 3 is 2.00 bits per heavy atom. The zero-order valence-corrected chi connectivity index (χ0v) is 23.4. The Morgan fingerprint density at radius 2 is 1.32 bits per heavy atom. The monoisotopic (exact) mass is 562 g/mol. The van der Waals surface area contributed by atoms with Crippen LogP contribution in [0.25, 0.3) is 56.0 Å². The summed E-state index contributed by atoms with van der Waals surface area (Å²) < 4.78 is 1.67. The minimum absolute atomic E-state index is 0.213. The molecule has 44 heavy (non-hydrogen) atoms. The molecule has 0 bridgehead atoms. The van der Waals surface area contributed by atoms with Crippen LogP contribution in [0.3, 0.4) is 0 Å². The van der Waals surface area contributed by atoms with E-state index in [4.69, 9.17) is 4.98 Å². The van der Waals surface area contributed by atoms with Crippen LogP contribution in [0.1, 0.15) is 34.0 Å². The van der Waals surface area contributed by atoms with E-state index in [2.05, 4.69) is 12.1 Å². The summed E-state index contributed by atoms with van der Waals surface area (Å²) in [7, 11) is 0. The molecule has 2 heterocycles. The number of pyridine rings is 1. The molecule has 1 atom stereocenters. The molecule has 1 aliphatic carbocycles. The summed E-state index contributed by atoms with van der Waals surface area (Å²) in [5.41, 5.74) is 7.24. The molecule has 0 spiro atoms. The lowest BCUT2D eigenvalue weighted by molar-refractivity contribution is 1.06. The Kier molecular flexibility index (Phi) is 5.72. The number of aromatic nitrogens is 2. The molecule has 5 nitrogen and oxygen atoms in total. The van der Waals surface area contributed by atoms with Crippen LogP contribution < -0.4 is 5.56 Å². The van der Waals surface area contributed by atoms with E-state index in [9.17, 15) is 15.3 Å². The number of hydrogen-bond acceptors (Lipinski definition) is 4. The highest BCUT2D eigenvalue weighted by atomic mass is 16.1. The number of fused-ring (bicyclic) bond motifs is 4. The van der Waals surface area contributed by atoms with Gasteiger partial charge >= 0.3 is 0 Å². The summed E-state index contributed by atoms with van der Waals surface area (Å²) in [5, 5.41) is 23.4. The third-order valence-electron chi connectivity index (χ3n) is 8.56. The van der Waals surface area contributed by atoms with Crippen LogP contribution in [0.15, 0.2) is 126 Å². The van der Waals surface area contributed by atoms with E-state index >= 15 is 0 Å². The number of hydrogen-bond donors (Lipinski definition) is 0. The Labute approximate surface area is 252 Å². The van der Waals surface area contributed by atoms with Crippen LogP contribution in [-0.2, 0) is 0 Å². The number of rotatable bonds is 3. The molecule has 5 aromatic carbocycles. The van der Waals surface area contributed by atoms with Crippen molar-refractivity contribution in [1.29, 1.82) is 10.5 Å². The van der Waals surface area contributed by atoms with Gasteiger partial charge < -0.3 is 0 Å².